The smallest absolute Gasteiger partial charge is 0.279 e. The molecule has 1 aromatic heterocycles. The molecule has 11 heteroatoms. The second-order valence-corrected chi connectivity index (χ2v) is 11.0. The van der Waals surface area contributed by atoms with Crippen molar-refractivity contribution < 1.29 is 8.42 Å². The van der Waals surface area contributed by atoms with Gasteiger partial charge in [0.25, 0.3) is 10.2 Å². The van der Waals surface area contributed by atoms with Crippen LogP contribution in [0.25, 0.3) is 0 Å². The highest BCUT2D eigenvalue weighted by Crippen LogP contribution is 2.25. The van der Waals surface area contributed by atoms with Crippen molar-refractivity contribution in [2.45, 2.75) is 13.5 Å². The minimum absolute atomic E-state index is 0.151. The van der Waals surface area contributed by atoms with Crippen LogP contribution in [0.5, 0.6) is 0 Å². The van der Waals surface area contributed by atoms with Crippen molar-refractivity contribution in [3.05, 3.63) is 65.9 Å². The van der Waals surface area contributed by atoms with Gasteiger partial charge in [-0.1, -0.05) is 18.2 Å². The van der Waals surface area contributed by atoms with Crippen LogP contribution < -0.4 is 20.3 Å². The van der Waals surface area contributed by atoms with Crippen LogP contribution in [-0.4, -0.2) is 74.9 Å². The van der Waals surface area contributed by atoms with E-state index in [0.717, 1.165) is 53.0 Å². The summed E-state index contributed by atoms with van der Waals surface area (Å²) in [6.45, 7) is 6.26. The Kier molecular flexibility index (Phi) is 8.04. The van der Waals surface area contributed by atoms with Gasteiger partial charge in [0.05, 0.1) is 0 Å². The average Bonchev–Trinajstić information content (AvgIpc) is 2.86. The fraction of sp³-hybridized carbons (Fsp3) is 0.360. The third kappa shape index (κ3) is 6.49. The molecule has 36 heavy (non-hydrogen) atoms. The maximum absolute atomic E-state index is 12.1. The molecule has 1 saturated heterocycles. The summed E-state index contributed by atoms with van der Waals surface area (Å²) in [7, 11) is 1.60. The van der Waals surface area contributed by atoms with Crippen molar-refractivity contribution in [2.24, 2.45) is 0 Å². The van der Waals surface area contributed by atoms with Gasteiger partial charge in [-0.25, -0.2) is 4.98 Å². The minimum atomic E-state index is -3.53. The fourth-order valence-corrected chi connectivity index (χ4v) is 4.40. The number of piperazine rings is 1. The number of nitrogens with zero attached hydrogens (tertiary/aromatic N) is 5. The molecule has 0 radical (unpaired) electrons. The van der Waals surface area contributed by atoms with Gasteiger partial charge in [-0.3, -0.25) is 0 Å². The molecule has 0 spiro atoms. The molecule has 2 aromatic carbocycles. The van der Waals surface area contributed by atoms with E-state index in [2.05, 4.69) is 54.3 Å². The first-order valence-electron chi connectivity index (χ1n) is 11.9. The molecule has 1 aliphatic rings. The van der Waals surface area contributed by atoms with Crippen LogP contribution in [0.2, 0.25) is 0 Å². The van der Waals surface area contributed by atoms with Gasteiger partial charge in [0.2, 0.25) is 5.95 Å². The lowest BCUT2D eigenvalue weighted by Gasteiger charge is -2.34. The number of hydrogen-bond donors (Lipinski definition) is 3. The molecule has 4 rings (SSSR count). The molecule has 0 bridgehead atoms. The maximum atomic E-state index is 12.1. The van der Waals surface area contributed by atoms with Crippen LogP contribution >= 0.6 is 0 Å². The number of likely N-dealkylation sites (N-methyl/N-ethyl adjacent to an activating group) is 1. The third-order valence-electron chi connectivity index (χ3n) is 6.16. The Balaban J connectivity index is 1.45. The molecule has 0 saturated carbocycles. The van der Waals surface area contributed by atoms with Crippen LogP contribution in [-0.2, 0) is 16.8 Å². The standard InChI is InChI=1S/C25H34N8O2S/c1-19-17-26-25(28-21-9-11-22(12-10-21)33-15-13-32(4)14-16-33)30-24(19)29-23-8-6-5-7-20(23)18-27-36(34,35)31(2)3/h5-12,17,27H,13-16,18H2,1-4H3,(H2,26,28,29,30). The normalized spacial score (nSPS) is 14.8. The second kappa shape index (κ2) is 11.2. The number of aromatic nitrogens is 2. The lowest BCUT2D eigenvalue weighted by Crippen LogP contribution is -2.44. The van der Waals surface area contributed by atoms with Gasteiger partial charge in [-0.2, -0.15) is 22.4 Å². The minimum Gasteiger partial charge on any atom is -0.369 e. The Labute approximate surface area is 213 Å². The summed E-state index contributed by atoms with van der Waals surface area (Å²) < 4.78 is 28.0. The van der Waals surface area contributed by atoms with E-state index in [1.54, 1.807) is 6.20 Å². The topological polar surface area (TPSA) is 106 Å². The highest BCUT2D eigenvalue weighted by Gasteiger charge is 2.15. The van der Waals surface area contributed by atoms with E-state index in [0.29, 0.717) is 11.8 Å². The van der Waals surface area contributed by atoms with Crippen molar-refractivity contribution >= 4 is 39.0 Å². The number of para-hydroxylation sites is 1. The lowest BCUT2D eigenvalue weighted by molar-refractivity contribution is 0.313. The number of aryl methyl sites for hydroxylation is 1. The van der Waals surface area contributed by atoms with Gasteiger partial charge >= 0.3 is 0 Å². The van der Waals surface area contributed by atoms with Crippen molar-refractivity contribution in [2.75, 3.05) is 62.9 Å². The summed E-state index contributed by atoms with van der Waals surface area (Å²) >= 11 is 0. The predicted octanol–water partition coefficient (Wildman–Crippen LogP) is 2.92. The molecule has 0 amide bonds. The molecule has 0 aliphatic carbocycles. The SMILES string of the molecule is Cc1cnc(Nc2ccc(N3CCN(C)CC3)cc2)nc1Nc1ccccc1CNS(=O)(=O)N(C)C. The molecule has 1 aliphatic heterocycles. The van der Waals surface area contributed by atoms with Crippen molar-refractivity contribution in [1.82, 2.24) is 23.9 Å². The molecule has 10 nitrogen and oxygen atoms in total. The Morgan fingerprint density at radius 3 is 2.36 bits per heavy atom. The van der Waals surface area contributed by atoms with Gasteiger partial charge in [0, 0.05) is 75.6 Å². The van der Waals surface area contributed by atoms with Crippen LogP contribution in [0.1, 0.15) is 11.1 Å². The summed E-state index contributed by atoms with van der Waals surface area (Å²) in [5, 5.41) is 6.62. The Morgan fingerprint density at radius 2 is 1.67 bits per heavy atom. The van der Waals surface area contributed by atoms with E-state index < -0.39 is 10.2 Å². The molecule has 3 N–H and O–H groups in total. The van der Waals surface area contributed by atoms with Gasteiger partial charge in [-0.05, 0) is 49.9 Å². The summed E-state index contributed by atoms with van der Waals surface area (Å²) in [6, 6.07) is 15.8. The van der Waals surface area contributed by atoms with E-state index >= 15 is 0 Å². The first-order chi connectivity index (χ1) is 17.2. The van der Waals surface area contributed by atoms with Gasteiger partial charge in [0.15, 0.2) is 0 Å². The summed E-state index contributed by atoms with van der Waals surface area (Å²) in [5.74, 6) is 1.12. The number of nitrogens with one attached hydrogen (secondary N) is 3. The number of benzene rings is 2. The monoisotopic (exact) mass is 510 g/mol. The van der Waals surface area contributed by atoms with Crippen molar-refractivity contribution in [3.63, 3.8) is 0 Å². The van der Waals surface area contributed by atoms with Crippen LogP contribution in [0, 0.1) is 6.92 Å². The largest absolute Gasteiger partial charge is 0.369 e. The molecule has 0 atom stereocenters. The van der Waals surface area contributed by atoms with E-state index in [-0.39, 0.29) is 6.54 Å². The van der Waals surface area contributed by atoms with Crippen LogP contribution in [0.4, 0.5) is 28.8 Å². The van der Waals surface area contributed by atoms with Crippen molar-refractivity contribution in [3.8, 4) is 0 Å². The highest BCUT2D eigenvalue weighted by molar-refractivity contribution is 7.87. The predicted molar refractivity (Wildman–Crippen MR) is 145 cm³/mol. The number of rotatable bonds is 9. The van der Waals surface area contributed by atoms with Gasteiger partial charge in [-0.15, -0.1) is 0 Å². The summed E-state index contributed by atoms with van der Waals surface area (Å²) in [6.07, 6.45) is 1.76. The zero-order chi connectivity index (χ0) is 25.7. The van der Waals surface area contributed by atoms with Crippen LogP contribution in [0.3, 0.4) is 0 Å². The first kappa shape index (κ1) is 25.8. The number of hydrogen-bond acceptors (Lipinski definition) is 8. The Hall–Kier alpha value is -3.25. The summed E-state index contributed by atoms with van der Waals surface area (Å²) in [4.78, 5) is 13.8. The van der Waals surface area contributed by atoms with E-state index in [1.165, 1.54) is 19.8 Å². The maximum Gasteiger partial charge on any atom is 0.279 e. The van der Waals surface area contributed by atoms with E-state index in [9.17, 15) is 8.42 Å². The fourth-order valence-electron chi connectivity index (χ4n) is 3.80. The second-order valence-electron chi connectivity index (χ2n) is 9.08. The van der Waals surface area contributed by atoms with E-state index in [1.807, 2.05) is 43.3 Å². The Bertz CT molecular complexity index is 1270. The zero-order valence-corrected chi connectivity index (χ0v) is 22.0. The van der Waals surface area contributed by atoms with Crippen LogP contribution in [0.15, 0.2) is 54.7 Å². The van der Waals surface area contributed by atoms with Gasteiger partial charge in [0.1, 0.15) is 5.82 Å². The summed E-state index contributed by atoms with van der Waals surface area (Å²) in [5.41, 5.74) is 4.55. The van der Waals surface area contributed by atoms with E-state index in [4.69, 9.17) is 0 Å². The molecular formula is C25H34N8O2S. The third-order valence-corrected chi connectivity index (χ3v) is 7.63. The Morgan fingerprint density at radius 1 is 0.972 bits per heavy atom. The van der Waals surface area contributed by atoms with Gasteiger partial charge < -0.3 is 20.4 Å². The zero-order valence-electron chi connectivity index (χ0n) is 21.2. The molecule has 192 valence electrons. The molecule has 1 fully saturated rings. The average molecular weight is 511 g/mol. The molecule has 0 unspecified atom stereocenters. The molecule has 3 aromatic rings. The molecule has 2 heterocycles. The highest BCUT2D eigenvalue weighted by atomic mass is 32.2. The quantitative estimate of drug-likeness (QED) is 0.404. The number of anilines is 5. The lowest BCUT2D eigenvalue weighted by atomic mass is 10.1. The first-order valence-corrected chi connectivity index (χ1v) is 13.3. The van der Waals surface area contributed by atoms with Crippen molar-refractivity contribution in [1.29, 1.82) is 0 Å². The molecular weight excluding hydrogens is 476 g/mol.